The van der Waals surface area contributed by atoms with Gasteiger partial charge in [-0.25, -0.2) is 4.98 Å². The number of carbonyl (C=O) groups is 2. The number of ether oxygens (including phenoxy) is 2. The maximum atomic E-state index is 13.6. The molecule has 0 bridgehead atoms. The van der Waals surface area contributed by atoms with E-state index in [1.807, 2.05) is 38.1 Å². The molecule has 7 nitrogen and oxygen atoms in total. The summed E-state index contributed by atoms with van der Waals surface area (Å²) in [7, 11) is 0. The Balaban J connectivity index is 1.52. The molecule has 4 aromatic rings. The van der Waals surface area contributed by atoms with Crippen molar-refractivity contribution in [2.24, 2.45) is 0 Å². The number of anilines is 1. The molecule has 1 amide bonds. The minimum Gasteiger partial charge on any atom is -0.507 e. The Morgan fingerprint density at radius 3 is 2.85 bits per heavy atom. The first-order valence-corrected chi connectivity index (χ1v) is 13.9. The van der Waals surface area contributed by atoms with Crippen LogP contribution in [0.15, 0.2) is 66.2 Å². The predicted octanol–water partition coefficient (Wildman–Crippen LogP) is 6.69. The highest BCUT2D eigenvalue weighted by Gasteiger charge is 2.48. The normalized spacial score (nSPS) is 19.9. The van der Waals surface area contributed by atoms with Crippen molar-refractivity contribution in [3.05, 3.63) is 87.9 Å². The second kappa shape index (κ2) is 10.0. The van der Waals surface area contributed by atoms with Crippen molar-refractivity contribution in [1.82, 2.24) is 4.98 Å². The topological polar surface area (TPSA) is 89.0 Å². The second-order valence-electron chi connectivity index (χ2n) is 9.65. The number of nitrogens with zero attached hydrogens (tertiary/aromatic N) is 2. The summed E-state index contributed by atoms with van der Waals surface area (Å²) in [5, 5.41) is 12.5. The van der Waals surface area contributed by atoms with E-state index in [0.29, 0.717) is 45.6 Å². The quantitative estimate of drug-likeness (QED) is 0.161. The Bertz CT molecular complexity index is 1660. The fraction of sp³-hybridized carbons (Fsp3) is 0.233. The van der Waals surface area contributed by atoms with E-state index in [0.717, 1.165) is 22.4 Å². The van der Waals surface area contributed by atoms with Crippen molar-refractivity contribution in [1.29, 1.82) is 0 Å². The number of aliphatic hydroxyl groups excluding tert-OH is 1. The number of hydrogen-bond donors (Lipinski definition) is 1. The molecule has 1 N–H and O–H groups in total. The van der Waals surface area contributed by atoms with Gasteiger partial charge < -0.3 is 14.6 Å². The van der Waals surface area contributed by atoms with Crippen LogP contribution in [0.25, 0.3) is 16.0 Å². The van der Waals surface area contributed by atoms with Crippen molar-refractivity contribution in [3.63, 3.8) is 0 Å². The summed E-state index contributed by atoms with van der Waals surface area (Å²) in [5.41, 5.74) is 2.67. The van der Waals surface area contributed by atoms with Gasteiger partial charge in [-0.2, -0.15) is 0 Å². The lowest BCUT2D eigenvalue weighted by Gasteiger charge is -2.23. The van der Waals surface area contributed by atoms with Gasteiger partial charge in [0, 0.05) is 17.0 Å². The Hall–Kier alpha value is -3.88. The number of Topliss-reactive ketones (excluding diaryl/α,β-unsaturated/α-hetero) is 1. The lowest BCUT2D eigenvalue weighted by Crippen LogP contribution is -2.29. The van der Waals surface area contributed by atoms with Gasteiger partial charge >= 0.3 is 5.91 Å². The molecule has 2 atom stereocenters. The summed E-state index contributed by atoms with van der Waals surface area (Å²) >= 11 is 7.45. The summed E-state index contributed by atoms with van der Waals surface area (Å²) in [4.78, 5) is 33.2. The Morgan fingerprint density at radius 1 is 1.18 bits per heavy atom. The summed E-state index contributed by atoms with van der Waals surface area (Å²) in [6, 6.07) is 16.9. The number of ketones is 1. The van der Waals surface area contributed by atoms with E-state index in [9.17, 15) is 14.7 Å². The molecule has 0 aliphatic carbocycles. The SMILES string of the molecule is CCCOc1cccc(C2/C(=C(/O)c3ccc4c(c3)CC(C)O4)C(=O)C(=O)N2c2nc3ccc(Cl)cc3s2)c1. The van der Waals surface area contributed by atoms with E-state index in [2.05, 4.69) is 4.98 Å². The lowest BCUT2D eigenvalue weighted by molar-refractivity contribution is -0.132. The smallest absolute Gasteiger partial charge is 0.301 e. The molecule has 6 rings (SSSR count). The molecule has 0 spiro atoms. The number of rotatable bonds is 6. The largest absolute Gasteiger partial charge is 0.507 e. The van der Waals surface area contributed by atoms with Gasteiger partial charge in [0.05, 0.1) is 28.4 Å². The average Bonchev–Trinajstić information content (AvgIpc) is 3.59. The van der Waals surface area contributed by atoms with Crippen LogP contribution in [0.5, 0.6) is 11.5 Å². The monoisotopic (exact) mass is 560 g/mol. The molecule has 1 saturated heterocycles. The minimum absolute atomic E-state index is 0.00292. The zero-order chi connectivity index (χ0) is 27.3. The summed E-state index contributed by atoms with van der Waals surface area (Å²) in [6.07, 6.45) is 1.55. The molecular formula is C30H25ClN2O5S. The molecule has 0 saturated carbocycles. The molecule has 1 fully saturated rings. The van der Waals surface area contributed by atoms with Crippen LogP contribution in [0, 0.1) is 0 Å². The van der Waals surface area contributed by atoms with Crippen LogP contribution in [0.4, 0.5) is 5.13 Å². The van der Waals surface area contributed by atoms with Gasteiger partial charge in [0.1, 0.15) is 23.4 Å². The van der Waals surface area contributed by atoms with Gasteiger partial charge in [-0.3, -0.25) is 14.5 Å². The standard InChI is InChI=1S/C30H25ClN2O5S/c1-3-11-37-21-6-4-5-17(14-21)26-25(27(34)18-7-10-23-19(13-18)12-16(2)38-23)28(35)29(36)33(26)30-32-22-9-8-20(31)15-24(22)39-30/h4-10,13-16,26,34H,3,11-12H2,1-2H3/b27-25-. The van der Waals surface area contributed by atoms with Gasteiger partial charge in [0.25, 0.3) is 5.78 Å². The van der Waals surface area contributed by atoms with Crippen LogP contribution < -0.4 is 14.4 Å². The van der Waals surface area contributed by atoms with Gasteiger partial charge in [-0.1, -0.05) is 42.0 Å². The molecule has 3 heterocycles. The molecule has 39 heavy (non-hydrogen) atoms. The molecule has 1 aromatic heterocycles. The molecule has 9 heteroatoms. The van der Waals surface area contributed by atoms with Crippen LogP contribution >= 0.6 is 22.9 Å². The molecule has 198 valence electrons. The van der Waals surface area contributed by atoms with Gasteiger partial charge in [-0.05, 0) is 73.0 Å². The van der Waals surface area contributed by atoms with Crippen LogP contribution in [-0.2, 0) is 16.0 Å². The van der Waals surface area contributed by atoms with E-state index < -0.39 is 17.7 Å². The molecule has 3 aromatic carbocycles. The van der Waals surface area contributed by atoms with Gasteiger partial charge in [-0.15, -0.1) is 0 Å². The van der Waals surface area contributed by atoms with Crippen LogP contribution in [0.1, 0.15) is 43.0 Å². The van der Waals surface area contributed by atoms with Crippen molar-refractivity contribution in [2.45, 2.75) is 38.8 Å². The zero-order valence-electron chi connectivity index (χ0n) is 21.3. The highest BCUT2D eigenvalue weighted by atomic mass is 35.5. The van der Waals surface area contributed by atoms with E-state index >= 15 is 0 Å². The van der Waals surface area contributed by atoms with E-state index in [4.69, 9.17) is 21.1 Å². The third-order valence-electron chi connectivity index (χ3n) is 6.81. The van der Waals surface area contributed by atoms with Crippen molar-refractivity contribution in [3.8, 4) is 11.5 Å². The fourth-order valence-electron chi connectivity index (χ4n) is 5.05. The Kier molecular flexibility index (Phi) is 6.53. The number of halogens is 1. The third-order valence-corrected chi connectivity index (χ3v) is 8.06. The molecule has 2 aliphatic rings. The maximum Gasteiger partial charge on any atom is 0.301 e. The number of benzene rings is 3. The molecule has 2 unspecified atom stereocenters. The average molecular weight is 561 g/mol. The summed E-state index contributed by atoms with van der Waals surface area (Å²) < 4.78 is 12.4. The highest BCUT2D eigenvalue weighted by Crippen LogP contribution is 2.45. The summed E-state index contributed by atoms with van der Waals surface area (Å²) in [5.74, 6) is -0.415. The lowest BCUT2D eigenvalue weighted by atomic mass is 9.94. The summed E-state index contributed by atoms with van der Waals surface area (Å²) in [6.45, 7) is 4.52. The zero-order valence-corrected chi connectivity index (χ0v) is 22.9. The Morgan fingerprint density at radius 2 is 2.03 bits per heavy atom. The number of amides is 1. The molecule has 0 radical (unpaired) electrons. The Labute approximate surface area is 234 Å². The van der Waals surface area contributed by atoms with E-state index in [1.54, 1.807) is 36.4 Å². The van der Waals surface area contributed by atoms with E-state index in [1.165, 1.54) is 16.2 Å². The third kappa shape index (κ3) is 4.53. The van der Waals surface area contributed by atoms with E-state index in [-0.39, 0.29) is 17.4 Å². The molecular weight excluding hydrogens is 536 g/mol. The highest BCUT2D eigenvalue weighted by molar-refractivity contribution is 7.22. The number of aromatic nitrogens is 1. The number of hydrogen-bond acceptors (Lipinski definition) is 7. The maximum absolute atomic E-state index is 13.6. The van der Waals surface area contributed by atoms with Gasteiger partial charge in [0.2, 0.25) is 0 Å². The number of aliphatic hydroxyl groups is 1. The van der Waals surface area contributed by atoms with Crippen molar-refractivity contribution < 1.29 is 24.2 Å². The first-order valence-electron chi connectivity index (χ1n) is 12.7. The van der Waals surface area contributed by atoms with Crippen LogP contribution in [0.2, 0.25) is 5.02 Å². The van der Waals surface area contributed by atoms with Gasteiger partial charge in [0.15, 0.2) is 5.13 Å². The predicted molar refractivity (Wildman–Crippen MR) is 152 cm³/mol. The number of fused-ring (bicyclic) bond motifs is 2. The van der Waals surface area contributed by atoms with Crippen molar-refractivity contribution >= 4 is 55.7 Å². The van der Waals surface area contributed by atoms with Crippen molar-refractivity contribution in [2.75, 3.05) is 11.5 Å². The van der Waals surface area contributed by atoms with Crippen LogP contribution in [-0.4, -0.2) is 34.5 Å². The fourth-order valence-corrected chi connectivity index (χ4v) is 6.32. The number of thiazole rings is 1. The minimum atomic E-state index is -0.908. The first-order chi connectivity index (χ1) is 18.8. The van der Waals surface area contributed by atoms with Crippen LogP contribution in [0.3, 0.4) is 0 Å². The molecule has 2 aliphatic heterocycles. The second-order valence-corrected chi connectivity index (χ2v) is 11.1. The number of carbonyl (C=O) groups excluding carboxylic acids is 2. The first kappa shape index (κ1) is 25.4.